The Morgan fingerprint density at radius 3 is 2.68 bits per heavy atom. The number of ether oxygens (including phenoxy) is 2. The van der Waals surface area contributed by atoms with Crippen LogP contribution in [0.1, 0.15) is 28.9 Å². The van der Waals surface area contributed by atoms with Crippen LogP contribution in [0.15, 0.2) is 67.1 Å². The summed E-state index contributed by atoms with van der Waals surface area (Å²) in [5.74, 6) is -2.41. The van der Waals surface area contributed by atoms with Crippen molar-refractivity contribution in [2.45, 2.75) is 19.0 Å². The summed E-state index contributed by atoms with van der Waals surface area (Å²) in [6, 6.07) is 10.7. The zero-order valence-electron chi connectivity index (χ0n) is 23.9. The van der Waals surface area contributed by atoms with Gasteiger partial charge in [0.2, 0.25) is 0 Å². The third-order valence-corrected chi connectivity index (χ3v) is 7.13. The molecule has 1 amide bonds. The van der Waals surface area contributed by atoms with Crippen molar-refractivity contribution in [1.82, 2.24) is 25.3 Å². The summed E-state index contributed by atoms with van der Waals surface area (Å²) in [7, 11) is 1.59. The number of carbonyl (C=O) groups excluding carboxylic acids is 1. The lowest BCUT2D eigenvalue weighted by atomic mass is 9.96. The molecule has 2 aromatic carbocycles. The van der Waals surface area contributed by atoms with E-state index in [-0.39, 0.29) is 28.7 Å². The number of carbonyl (C=O) groups is 1. The van der Waals surface area contributed by atoms with Crippen LogP contribution in [0.2, 0.25) is 0 Å². The van der Waals surface area contributed by atoms with E-state index < -0.39 is 29.2 Å². The van der Waals surface area contributed by atoms with Gasteiger partial charge in [-0.15, -0.1) is 0 Å². The Bertz CT molecular complexity index is 1570. The summed E-state index contributed by atoms with van der Waals surface area (Å²) in [5.41, 5.74) is -0.908. The number of methoxy groups -OCH3 is 1. The second-order valence-electron chi connectivity index (χ2n) is 10.2. The first-order valence-corrected chi connectivity index (χ1v) is 14.0. The minimum atomic E-state index is -4.91. The number of alkyl halides is 3. The van der Waals surface area contributed by atoms with Gasteiger partial charge in [-0.1, -0.05) is 12.1 Å². The van der Waals surface area contributed by atoms with E-state index in [0.29, 0.717) is 44.9 Å². The highest BCUT2D eigenvalue weighted by Gasteiger charge is 2.41. The maximum atomic E-state index is 14.9. The van der Waals surface area contributed by atoms with Crippen molar-refractivity contribution in [2.24, 2.45) is 5.92 Å². The molecule has 1 fully saturated rings. The molecule has 4 aromatic rings. The number of anilines is 2. The van der Waals surface area contributed by atoms with E-state index >= 15 is 0 Å². The highest BCUT2D eigenvalue weighted by molar-refractivity contribution is 6.05. The van der Waals surface area contributed by atoms with Crippen LogP contribution >= 0.6 is 0 Å². The highest BCUT2D eigenvalue weighted by atomic mass is 19.4. The number of benzene rings is 2. The minimum absolute atomic E-state index is 0.0214. The van der Waals surface area contributed by atoms with Crippen LogP contribution in [0.25, 0.3) is 5.69 Å². The molecule has 2 aromatic heterocycles. The Morgan fingerprint density at radius 1 is 1.09 bits per heavy atom. The van der Waals surface area contributed by atoms with Crippen molar-refractivity contribution in [3.05, 3.63) is 84.2 Å². The first-order valence-electron chi connectivity index (χ1n) is 14.0. The number of rotatable bonds is 11. The SMILES string of the molecule is COCCNC[C@@H]1CCCN(c2c(NC(=O)c3ccn(-c4ccnnc4)n3)ccc(Oc3ccccc3F)c2C(F)(F)F)C1. The molecule has 0 radical (unpaired) electrons. The molecular weight excluding hydrogens is 582 g/mol. The number of aromatic nitrogens is 4. The van der Waals surface area contributed by atoms with E-state index in [1.807, 2.05) is 0 Å². The van der Waals surface area contributed by atoms with Gasteiger partial charge in [0.15, 0.2) is 17.3 Å². The van der Waals surface area contributed by atoms with Gasteiger partial charge in [-0.25, -0.2) is 9.07 Å². The number of nitrogens with zero attached hydrogens (tertiary/aromatic N) is 5. The number of halogens is 4. The molecule has 44 heavy (non-hydrogen) atoms. The van der Waals surface area contributed by atoms with Crippen molar-refractivity contribution in [3.63, 3.8) is 0 Å². The van der Waals surface area contributed by atoms with Crippen LogP contribution < -0.4 is 20.3 Å². The fourth-order valence-corrected chi connectivity index (χ4v) is 5.12. The highest BCUT2D eigenvalue weighted by Crippen LogP contribution is 2.48. The molecule has 10 nitrogen and oxygen atoms in total. The standard InChI is InChI=1S/C30H31F4N7O3/c1-43-16-13-35-17-20-5-4-14-40(19-20)28-23(38-29(42)24-11-15-41(39-24)21-10-12-36-37-18-21)8-9-26(27(28)30(32,33)34)44-25-7-3-2-6-22(25)31/h2-3,6-12,15,18,20,35H,4-5,13-14,16-17,19H2,1H3,(H,38,42)/t20-/m0/s1. The van der Waals surface area contributed by atoms with Crippen molar-refractivity contribution in [2.75, 3.05) is 50.1 Å². The normalized spacial score (nSPS) is 15.3. The van der Waals surface area contributed by atoms with Gasteiger partial charge in [0, 0.05) is 32.9 Å². The lowest BCUT2D eigenvalue weighted by Gasteiger charge is -2.37. The van der Waals surface area contributed by atoms with Crippen LogP contribution in [0, 0.1) is 11.7 Å². The van der Waals surface area contributed by atoms with Crippen LogP contribution in [-0.2, 0) is 10.9 Å². The Hall–Kier alpha value is -4.56. The summed E-state index contributed by atoms with van der Waals surface area (Å²) in [5, 5.41) is 17.7. The van der Waals surface area contributed by atoms with E-state index in [9.17, 15) is 22.4 Å². The predicted molar refractivity (Wildman–Crippen MR) is 155 cm³/mol. The number of piperidine rings is 1. The summed E-state index contributed by atoms with van der Waals surface area (Å²) in [6.45, 7) is 2.30. The average Bonchev–Trinajstić information content (AvgIpc) is 3.52. The summed E-state index contributed by atoms with van der Waals surface area (Å²) in [4.78, 5) is 14.9. The van der Waals surface area contributed by atoms with Crippen molar-refractivity contribution in [1.29, 1.82) is 0 Å². The van der Waals surface area contributed by atoms with Gasteiger partial charge in [0.1, 0.15) is 11.3 Å². The number of amides is 1. The molecule has 1 aliphatic rings. The van der Waals surface area contributed by atoms with Gasteiger partial charge < -0.3 is 25.0 Å². The molecule has 232 valence electrons. The second-order valence-corrected chi connectivity index (χ2v) is 10.2. The average molecular weight is 614 g/mol. The maximum absolute atomic E-state index is 14.9. The number of hydrogen-bond donors (Lipinski definition) is 2. The Morgan fingerprint density at radius 2 is 1.93 bits per heavy atom. The first kappa shape index (κ1) is 30.9. The second kappa shape index (κ2) is 13.8. The van der Waals surface area contributed by atoms with Gasteiger partial charge >= 0.3 is 6.18 Å². The fraction of sp³-hybridized carbons (Fsp3) is 0.333. The predicted octanol–water partition coefficient (Wildman–Crippen LogP) is 5.32. The van der Waals surface area contributed by atoms with Crippen LogP contribution in [0.5, 0.6) is 11.5 Å². The Kier molecular flexibility index (Phi) is 9.70. The lowest BCUT2D eigenvalue weighted by Crippen LogP contribution is -2.41. The van der Waals surface area contributed by atoms with Crippen LogP contribution in [0.3, 0.4) is 0 Å². The molecule has 0 spiro atoms. The van der Waals surface area contributed by atoms with Gasteiger partial charge in [-0.3, -0.25) is 4.79 Å². The maximum Gasteiger partial charge on any atom is 0.422 e. The Labute approximate surface area is 251 Å². The third kappa shape index (κ3) is 7.32. The molecule has 2 N–H and O–H groups in total. The fourth-order valence-electron chi connectivity index (χ4n) is 5.12. The molecule has 0 saturated carbocycles. The largest absolute Gasteiger partial charge is 0.454 e. The molecule has 5 rings (SSSR count). The van der Waals surface area contributed by atoms with Crippen LogP contribution in [0.4, 0.5) is 28.9 Å². The molecule has 14 heteroatoms. The van der Waals surface area contributed by atoms with E-state index in [1.165, 1.54) is 53.6 Å². The molecule has 0 aliphatic carbocycles. The molecule has 1 aliphatic heterocycles. The van der Waals surface area contributed by atoms with Gasteiger partial charge in [0.25, 0.3) is 5.91 Å². The van der Waals surface area contributed by atoms with Crippen LogP contribution in [-0.4, -0.2) is 65.8 Å². The molecule has 0 bridgehead atoms. The van der Waals surface area contributed by atoms with Gasteiger partial charge in [0.05, 0.1) is 36.1 Å². The molecule has 3 heterocycles. The smallest absolute Gasteiger partial charge is 0.422 e. The van der Waals surface area contributed by atoms with Crippen molar-refractivity contribution in [3.8, 4) is 17.2 Å². The number of hydrogen-bond acceptors (Lipinski definition) is 8. The van der Waals surface area contributed by atoms with Crippen molar-refractivity contribution < 1.29 is 31.8 Å². The number of para-hydroxylation sites is 1. The molecule has 1 atom stereocenters. The van der Waals surface area contributed by atoms with Gasteiger partial charge in [-0.05, 0) is 61.7 Å². The van der Waals surface area contributed by atoms with E-state index in [2.05, 4.69) is 25.9 Å². The molecule has 0 unspecified atom stereocenters. The Balaban J connectivity index is 1.52. The molecule has 1 saturated heterocycles. The van der Waals surface area contributed by atoms with E-state index in [0.717, 1.165) is 18.6 Å². The zero-order chi connectivity index (χ0) is 31.1. The summed E-state index contributed by atoms with van der Waals surface area (Å²) < 4.78 is 71.2. The topological polar surface area (TPSA) is 106 Å². The molecular formula is C30H31F4N7O3. The van der Waals surface area contributed by atoms with Gasteiger partial charge in [-0.2, -0.15) is 28.5 Å². The number of nitrogens with one attached hydrogen (secondary N) is 2. The first-order chi connectivity index (χ1) is 21.2. The minimum Gasteiger partial charge on any atom is -0.454 e. The third-order valence-electron chi connectivity index (χ3n) is 7.13. The quantitative estimate of drug-likeness (QED) is 0.173. The van der Waals surface area contributed by atoms with Crippen molar-refractivity contribution >= 4 is 17.3 Å². The zero-order valence-corrected chi connectivity index (χ0v) is 23.9. The van der Waals surface area contributed by atoms with E-state index in [4.69, 9.17) is 9.47 Å². The monoisotopic (exact) mass is 613 g/mol. The summed E-state index contributed by atoms with van der Waals surface area (Å²) in [6.07, 6.45) is 0.983. The van der Waals surface area contributed by atoms with E-state index in [1.54, 1.807) is 18.1 Å². The summed E-state index contributed by atoms with van der Waals surface area (Å²) >= 11 is 0. The lowest BCUT2D eigenvalue weighted by molar-refractivity contribution is -0.138.